The lowest BCUT2D eigenvalue weighted by Crippen LogP contribution is -2.53. The topological polar surface area (TPSA) is 105 Å². The fourth-order valence-electron chi connectivity index (χ4n) is 4.41. The van der Waals surface area contributed by atoms with Crippen LogP contribution in [0.15, 0.2) is 83.8 Å². The van der Waals surface area contributed by atoms with Gasteiger partial charge in [-0.15, -0.1) is 0 Å². The van der Waals surface area contributed by atoms with Crippen molar-refractivity contribution in [2.24, 2.45) is 0 Å². The third kappa shape index (κ3) is 8.25. The monoisotopic (exact) mass is 595 g/mol. The maximum Gasteiger partial charge on any atom is 0.264 e. The van der Waals surface area contributed by atoms with Crippen LogP contribution in [0.2, 0.25) is 0 Å². The molecule has 2 atom stereocenters. The number of ether oxygens (including phenoxy) is 2. The number of carbonyl (C=O) groups is 2. The van der Waals surface area contributed by atoms with Gasteiger partial charge in [0.15, 0.2) is 0 Å². The molecule has 9 nitrogen and oxygen atoms in total. The molecule has 3 aromatic rings. The molecule has 0 unspecified atom stereocenters. The van der Waals surface area contributed by atoms with Crippen LogP contribution < -0.4 is 19.1 Å². The second-order valence-corrected chi connectivity index (χ2v) is 11.7. The second-order valence-electron chi connectivity index (χ2n) is 9.86. The van der Waals surface area contributed by atoms with Gasteiger partial charge in [-0.05, 0) is 80.8 Å². The van der Waals surface area contributed by atoms with E-state index in [1.807, 2.05) is 39.8 Å². The van der Waals surface area contributed by atoms with Gasteiger partial charge in [0.05, 0.1) is 24.3 Å². The molecule has 0 bridgehead atoms. The van der Waals surface area contributed by atoms with E-state index >= 15 is 0 Å². The van der Waals surface area contributed by atoms with E-state index in [1.54, 1.807) is 61.7 Å². The lowest BCUT2D eigenvalue weighted by Gasteiger charge is -2.33. The van der Waals surface area contributed by atoms with E-state index in [1.165, 1.54) is 17.0 Å². The number of nitrogens with one attached hydrogen (secondary N) is 1. The van der Waals surface area contributed by atoms with Crippen LogP contribution in [0.1, 0.15) is 46.1 Å². The number of para-hydroxylation sites is 1. The molecule has 0 aliphatic heterocycles. The Balaban J connectivity index is 2.02. The van der Waals surface area contributed by atoms with Crippen LogP contribution >= 0.6 is 0 Å². The van der Waals surface area contributed by atoms with Crippen LogP contribution in [-0.4, -0.2) is 57.5 Å². The van der Waals surface area contributed by atoms with Crippen LogP contribution in [0.4, 0.5) is 5.69 Å². The van der Waals surface area contributed by atoms with Crippen molar-refractivity contribution in [2.45, 2.75) is 64.1 Å². The number of benzene rings is 3. The first-order valence-electron chi connectivity index (χ1n) is 14.2. The molecule has 0 aliphatic rings. The fraction of sp³-hybridized carbons (Fsp3) is 0.375. The summed E-state index contributed by atoms with van der Waals surface area (Å²) in [6, 6.07) is 20.9. The zero-order chi connectivity index (χ0) is 30.7. The van der Waals surface area contributed by atoms with Gasteiger partial charge >= 0.3 is 0 Å². The second kappa shape index (κ2) is 15.3. The van der Waals surface area contributed by atoms with E-state index in [9.17, 15) is 18.0 Å². The highest BCUT2D eigenvalue weighted by Crippen LogP contribution is 2.26. The van der Waals surface area contributed by atoms with E-state index < -0.39 is 28.5 Å². The largest absolute Gasteiger partial charge is 0.497 e. The number of methoxy groups -OCH3 is 1. The molecular formula is C32H41N3O6S. The minimum absolute atomic E-state index is 0.0193. The Morgan fingerprint density at radius 3 is 2.02 bits per heavy atom. The molecule has 0 saturated carbocycles. The van der Waals surface area contributed by atoms with Crippen molar-refractivity contribution in [3.8, 4) is 11.5 Å². The van der Waals surface area contributed by atoms with E-state index in [-0.39, 0.29) is 23.4 Å². The fourth-order valence-corrected chi connectivity index (χ4v) is 5.83. The standard InChI is InChI=1S/C32H41N3O6S/c1-6-24(4)33-32(37)30(7-2)34(22-25-14-16-27(40-5)17-15-25)31(36)23-35(26-12-10-9-11-13-26)42(38,39)29-20-18-28(19-21-29)41-8-3/h9-21,24,30H,6-8,22-23H2,1-5H3,(H,33,37)/t24-,30+/m0/s1. The summed E-state index contributed by atoms with van der Waals surface area (Å²) in [7, 11) is -2.59. The van der Waals surface area contributed by atoms with Crippen LogP contribution in [0, 0.1) is 0 Å². The Bertz CT molecular complexity index is 1400. The van der Waals surface area contributed by atoms with Crippen molar-refractivity contribution in [1.82, 2.24) is 10.2 Å². The predicted molar refractivity (Wildman–Crippen MR) is 164 cm³/mol. The molecule has 0 aromatic heterocycles. The first kappa shape index (κ1) is 32.5. The van der Waals surface area contributed by atoms with Gasteiger partial charge < -0.3 is 19.7 Å². The summed E-state index contributed by atoms with van der Waals surface area (Å²) in [6.45, 7) is 7.61. The number of rotatable bonds is 15. The van der Waals surface area contributed by atoms with Gasteiger partial charge in [-0.2, -0.15) is 0 Å². The van der Waals surface area contributed by atoms with Crippen LogP contribution in [0.25, 0.3) is 0 Å². The molecule has 226 valence electrons. The molecule has 0 saturated heterocycles. The lowest BCUT2D eigenvalue weighted by atomic mass is 10.1. The first-order valence-corrected chi connectivity index (χ1v) is 15.6. The number of nitrogens with zero attached hydrogens (tertiary/aromatic N) is 2. The maximum absolute atomic E-state index is 14.1. The molecule has 3 aromatic carbocycles. The van der Waals surface area contributed by atoms with E-state index in [2.05, 4.69) is 5.32 Å². The highest BCUT2D eigenvalue weighted by atomic mass is 32.2. The molecule has 42 heavy (non-hydrogen) atoms. The number of amides is 2. The average molecular weight is 596 g/mol. The van der Waals surface area contributed by atoms with Gasteiger partial charge in [-0.3, -0.25) is 13.9 Å². The Labute approximate surface area is 249 Å². The lowest BCUT2D eigenvalue weighted by molar-refractivity contribution is -0.140. The zero-order valence-corrected chi connectivity index (χ0v) is 25.8. The van der Waals surface area contributed by atoms with Crippen molar-refractivity contribution in [3.63, 3.8) is 0 Å². The van der Waals surface area contributed by atoms with Gasteiger partial charge in [0, 0.05) is 12.6 Å². The van der Waals surface area contributed by atoms with Crippen LogP contribution in [0.3, 0.4) is 0 Å². The molecule has 3 rings (SSSR count). The van der Waals surface area contributed by atoms with Gasteiger partial charge in [-0.1, -0.05) is 44.2 Å². The van der Waals surface area contributed by atoms with Crippen LogP contribution in [0.5, 0.6) is 11.5 Å². The van der Waals surface area contributed by atoms with Gasteiger partial charge in [0.25, 0.3) is 10.0 Å². The summed E-state index contributed by atoms with van der Waals surface area (Å²) >= 11 is 0. The molecule has 0 aliphatic carbocycles. The smallest absolute Gasteiger partial charge is 0.264 e. The number of sulfonamides is 1. The number of anilines is 1. The summed E-state index contributed by atoms with van der Waals surface area (Å²) in [6.07, 6.45) is 1.08. The molecule has 0 fully saturated rings. The molecule has 1 N–H and O–H groups in total. The van der Waals surface area contributed by atoms with Gasteiger partial charge in [-0.25, -0.2) is 8.42 Å². The van der Waals surface area contributed by atoms with Crippen molar-refractivity contribution < 1.29 is 27.5 Å². The van der Waals surface area contributed by atoms with E-state index in [0.717, 1.165) is 16.3 Å². The summed E-state index contributed by atoms with van der Waals surface area (Å²) in [5, 5.41) is 2.98. The third-order valence-electron chi connectivity index (χ3n) is 6.94. The first-order chi connectivity index (χ1) is 20.1. The molecule has 10 heteroatoms. The predicted octanol–water partition coefficient (Wildman–Crippen LogP) is 5.01. The van der Waals surface area contributed by atoms with Gasteiger partial charge in [0.2, 0.25) is 11.8 Å². The normalized spacial score (nSPS) is 12.6. The molecule has 0 heterocycles. The van der Waals surface area contributed by atoms with Crippen molar-refractivity contribution in [1.29, 1.82) is 0 Å². The van der Waals surface area contributed by atoms with Crippen molar-refractivity contribution >= 4 is 27.5 Å². The van der Waals surface area contributed by atoms with Gasteiger partial charge in [0.1, 0.15) is 24.1 Å². The molecule has 2 amide bonds. The Hall–Kier alpha value is -4.05. The maximum atomic E-state index is 14.1. The average Bonchev–Trinajstić information content (AvgIpc) is 3.00. The molecule has 0 radical (unpaired) electrons. The highest BCUT2D eigenvalue weighted by molar-refractivity contribution is 7.92. The Kier molecular flexibility index (Phi) is 11.8. The van der Waals surface area contributed by atoms with Crippen LogP contribution in [-0.2, 0) is 26.2 Å². The van der Waals surface area contributed by atoms with E-state index in [4.69, 9.17) is 9.47 Å². The molecule has 0 spiro atoms. The minimum atomic E-state index is -4.16. The summed E-state index contributed by atoms with van der Waals surface area (Å²) < 4.78 is 39.8. The summed E-state index contributed by atoms with van der Waals surface area (Å²) in [4.78, 5) is 29.0. The highest BCUT2D eigenvalue weighted by Gasteiger charge is 2.34. The Morgan fingerprint density at radius 2 is 1.48 bits per heavy atom. The number of hydrogen-bond donors (Lipinski definition) is 1. The minimum Gasteiger partial charge on any atom is -0.497 e. The van der Waals surface area contributed by atoms with Crippen molar-refractivity contribution in [2.75, 3.05) is 24.6 Å². The zero-order valence-electron chi connectivity index (χ0n) is 24.9. The number of carbonyl (C=O) groups excluding carboxylic acids is 2. The summed E-state index contributed by atoms with van der Waals surface area (Å²) in [5.41, 5.74) is 1.11. The Morgan fingerprint density at radius 1 is 0.857 bits per heavy atom. The number of hydrogen-bond acceptors (Lipinski definition) is 6. The van der Waals surface area contributed by atoms with Crippen molar-refractivity contribution in [3.05, 3.63) is 84.4 Å². The quantitative estimate of drug-likeness (QED) is 0.265. The summed E-state index contributed by atoms with van der Waals surface area (Å²) in [5.74, 6) is 0.419. The molecular weight excluding hydrogens is 554 g/mol. The third-order valence-corrected chi connectivity index (χ3v) is 8.73. The van der Waals surface area contributed by atoms with E-state index in [0.29, 0.717) is 30.2 Å². The SMILES string of the molecule is CCOc1ccc(S(=O)(=O)N(CC(=O)N(Cc2ccc(OC)cc2)[C@H](CC)C(=O)N[C@@H](C)CC)c2ccccc2)cc1.